The van der Waals surface area contributed by atoms with Gasteiger partial charge in [-0.2, -0.15) is 5.26 Å². The molecular weight excluding hydrogens is 865 g/mol. The van der Waals surface area contributed by atoms with Gasteiger partial charge in [0.05, 0.1) is 55.0 Å². The first-order valence-corrected chi connectivity index (χ1v) is 24.2. The molecule has 314 valence electrons. The first-order valence-electron chi connectivity index (χ1n) is 22.6. The number of nitriles is 1. The number of hydrogen-bond acceptors (Lipinski definition) is 3. The van der Waals surface area contributed by atoms with E-state index in [1.165, 1.54) is 30.9 Å². The lowest BCUT2D eigenvalue weighted by Gasteiger charge is -2.26. The van der Waals surface area contributed by atoms with E-state index in [1.54, 1.807) is 22.7 Å². The summed E-state index contributed by atoms with van der Waals surface area (Å²) >= 11 is 3.60. The smallest absolute Gasteiger partial charge is 0.220 e. The predicted molar refractivity (Wildman–Crippen MR) is 288 cm³/mol. The maximum atomic E-state index is 12.0. The molecule has 4 nitrogen and oxygen atoms in total. The molecule has 0 fully saturated rings. The van der Waals surface area contributed by atoms with Gasteiger partial charge < -0.3 is 9.13 Å². The lowest BCUT2D eigenvalue weighted by molar-refractivity contribution is 1.14. The summed E-state index contributed by atoms with van der Waals surface area (Å²) < 4.78 is 9.50. The van der Waals surface area contributed by atoms with Gasteiger partial charge in [-0.3, -0.25) is 0 Å². The first-order chi connectivity index (χ1) is 33.7. The molecule has 0 saturated heterocycles. The van der Waals surface area contributed by atoms with Gasteiger partial charge in [-0.05, 0) is 34.9 Å². The van der Waals surface area contributed by atoms with Gasteiger partial charge >= 0.3 is 0 Å². The van der Waals surface area contributed by atoms with E-state index in [9.17, 15) is 11.8 Å². The number of para-hydroxylation sites is 2. The highest BCUT2D eigenvalue weighted by Crippen LogP contribution is 2.55. The number of aromatic nitrogens is 2. The molecular formula is C62H34N4S2. The van der Waals surface area contributed by atoms with Crippen LogP contribution in [0.5, 0.6) is 0 Å². The Hall–Kier alpha value is -8.78. The number of rotatable bonds is 5. The normalized spacial score (nSPS) is 11.8. The minimum atomic E-state index is 0.425. The van der Waals surface area contributed by atoms with E-state index in [2.05, 4.69) is 190 Å². The Bertz CT molecular complexity index is 4370. The van der Waals surface area contributed by atoms with E-state index in [-0.39, 0.29) is 0 Å². The van der Waals surface area contributed by atoms with Crippen LogP contribution in [0.2, 0.25) is 0 Å². The number of benzene rings is 10. The molecule has 4 aromatic heterocycles. The highest BCUT2D eigenvalue weighted by molar-refractivity contribution is 7.27. The summed E-state index contributed by atoms with van der Waals surface area (Å²) in [6.45, 7) is 9.48. The van der Waals surface area contributed by atoms with Crippen LogP contribution in [0.15, 0.2) is 206 Å². The lowest BCUT2D eigenvalue weighted by atomic mass is 9.88. The van der Waals surface area contributed by atoms with Gasteiger partial charge in [-0.15, -0.1) is 22.7 Å². The quantitative estimate of drug-likeness (QED) is 0.159. The van der Waals surface area contributed by atoms with Crippen LogP contribution >= 0.6 is 22.7 Å². The zero-order chi connectivity index (χ0) is 45.0. The molecule has 0 amide bonds. The summed E-state index contributed by atoms with van der Waals surface area (Å²) in [5.41, 5.74) is 11.7. The summed E-state index contributed by atoms with van der Waals surface area (Å²) in [7, 11) is 0. The molecule has 6 heteroatoms. The van der Waals surface area contributed by atoms with Crippen LogP contribution in [0.25, 0.3) is 134 Å². The number of thiophene rings is 2. The van der Waals surface area contributed by atoms with E-state index >= 15 is 0 Å². The molecule has 68 heavy (non-hydrogen) atoms. The fraction of sp³-hybridized carbons (Fsp3) is 0. The van der Waals surface area contributed by atoms with Crippen molar-refractivity contribution in [3.63, 3.8) is 0 Å². The molecule has 14 aromatic rings. The van der Waals surface area contributed by atoms with Gasteiger partial charge in [0.15, 0.2) is 0 Å². The van der Waals surface area contributed by atoms with Crippen LogP contribution in [0.4, 0.5) is 5.69 Å². The Morgan fingerprint density at radius 3 is 1.44 bits per heavy atom. The molecule has 0 atom stereocenters. The van der Waals surface area contributed by atoms with Crippen LogP contribution in [-0.2, 0) is 0 Å². The summed E-state index contributed by atoms with van der Waals surface area (Å²) in [6, 6.07) is 75.4. The molecule has 10 aromatic carbocycles. The standard InChI is InChI=1S/C62H34N4S2/c1-64-55-53(38-20-7-3-8-21-38)49(36-63)57(65-50-29-14-11-24-41(50)44-28-17-27-40(56(44)65)37-18-5-2-6-19-37)54(39-22-9-4-10-23-39)60(55)66-58-45(32-34-47-42-25-12-15-30-51(42)67-61(47)58)46-33-35-48-43-26-13-16-31-52(43)68-62(48)59(46)66/h2-35H. The second-order valence-electron chi connectivity index (χ2n) is 17.3. The topological polar surface area (TPSA) is 38.0 Å². The zero-order valence-electron chi connectivity index (χ0n) is 36.2. The molecule has 0 spiro atoms. The third-order valence-corrected chi connectivity index (χ3v) is 16.2. The van der Waals surface area contributed by atoms with Crippen molar-refractivity contribution in [2.75, 3.05) is 0 Å². The fourth-order valence-corrected chi connectivity index (χ4v) is 13.5. The Morgan fingerprint density at radius 1 is 0.397 bits per heavy atom. The number of hydrogen-bond donors (Lipinski definition) is 0. The van der Waals surface area contributed by atoms with Crippen molar-refractivity contribution in [2.45, 2.75) is 0 Å². The van der Waals surface area contributed by atoms with Gasteiger partial charge in [-0.25, -0.2) is 4.85 Å². The SMILES string of the molecule is [C-]#[N+]c1c(-c2ccccc2)c(C#N)c(-n2c3ccccc3c3cccc(-c4ccccc4)c32)c(-c2ccccc2)c1-n1c2c(ccc3c4ccccc4sc32)c2ccc3c4ccccc4sc3c21. The zero-order valence-corrected chi connectivity index (χ0v) is 37.9. The Balaban J connectivity index is 1.31. The highest BCUT2D eigenvalue weighted by Gasteiger charge is 2.33. The first kappa shape index (κ1) is 38.5. The third-order valence-electron chi connectivity index (χ3n) is 13.8. The maximum Gasteiger partial charge on any atom is 0.220 e. The summed E-state index contributed by atoms with van der Waals surface area (Å²) in [5.74, 6) is 0. The average molecular weight is 899 g/mol. The van der Waals surface area contributed by atoms with Gasteiger partial charge in [0.25, 0.3) is 0 Å². The predicted octanol–water partition coefficient (Wildman–Crippen LogP) is 18.0. The second-order valence-corrected chi connectivity index (χ2v) is 19.4. The van der Waals surface area contributed by atoms with Gasteiger partial charge in [0.2, 0.25) is 5.69 Å². The van der Waals surface area contributed by atoms with E-state index in [0.717, 1.165) is 92.2 Å². The Morgan fingerprint density at radius 2 is 0.868 bits per heavy atom. The Labute approximate surface area is 398 Å². The van der Waals surface area contributed by atoms with Crippen LogP contribution in [0, 0.1) is 17.9 Å². The maximum absolute atomic E-state index is 12.0. The Kier molecular flexibility index (Phi) is 8.42. The molecule has 0 bridgehead atoms. The minimum absolute atomic E-state index is 0.425. The largest absolute Gasteiger partial charge is 0.316 e. The summed E-state index contributed by atoms with van der Waals surface area (Å²) in [6.07, 6.45) is 0. The lowest BCUT2D eigenvalue weighted by Crippen LogP contribution is -2.09. The van der Waals surface area contributed by atoms with Gasteiger partial charge in [0.1, 0.15) is 6.07 Å². The monoisotopic (exact) mass is 898 g/mol. The molecule has 0 radical (unpaired) electrons. The van der Waals surface area contributed by atoms with Crippen molar-refractivity contribution in [1.29, 1.82) is 5.26 Å². The van der Waals surface area contributed by atoms with Crippen molar-refractivity contribution < 1.29 is 0 Å². The van der Waals surface area contributed by atoms with E-state index in [4.69, 9.17) is 0 Å². The highest BCUT2D eigenvalue weighted by atomic mass is 32.1. The van der Waals surface area contributed by atoms with Crippen molar-refractivity contribution >= 4 is 112 Å². The van der Waals surface area contributed by atoms with E-state index in [0.29, 0.717) is 16.8 Å². The van der Waals surface area contributed by atoms with Crippen LogP contribution in [0.3, 0.4) is 0 Å². The average Bonchev–Trinajstić information content (AvgIpc) is 4.16. The van der Waals surface area contributed by atoms with Crippen molar-refractivity contribution in [1.82, 2.24) is 9.13 Å². The summed E-state index contributed by atoms with van der Waals surface area (Å²) in [5, 5.41) is 21.2. The number of fused-ring (bicyclic) bond motifs is 14. The molecule has 0 aliphatic carbocycles. The minimum Gasteiger partial charge on any atom is -0.316 e. The summed E-state index contributed by atoms with van der Waals surface area (Å²) in [4.78, 5) is 4.64. The van der Waals surface area contributed by atoms with Crippen molar-refractivity contribution in [2.24, 2.45) is 0 Å². The van der Waals surface area contributed by atoms with E-state index < -0.39 is 0 Å². The van der Waals surface area contributed by atoms with E-state index in [1.807, 2.05) is 36.4 Å². The van der Waals surface area contributed by atoms with Crippen molar-refractivity contribution in [3.8, 4) is 50.8 Å². The second kappa shape index (κ2) is 14.9. The number of nitrogens with zero attached hydrogens (tertiary/aromatic N) is 4. The molecule has 0 unspecified atom stereocenters. The van der Waals surface area contributed by atoms with Crippen LogP contribution < -0.4 is 0 Å². The molecule has 0 saturated carbocycles. The van der Waals surface area contributed by atoms with Gasteiger partial charge in [-0.1, -0.05) is 188 Å². The molecule has 14 rings (SSSR count). The molecule has 0 N–H and O–H groups in total. The van der Waals surface area contributed by atoms with Gasteiger partial charge in [0, 0.05) is 69.2 Å². The molecule has 0 aliphatic heterocycles. The van der Waals surface area contributed by atoms with Crippen LogP contribution in [-0.4, -0.2) is 9.13 Å². The van der Waals surface area contributed by atoms with Crippen molar-refractivity contribution in [3.05, 3.63) is 223 Å². The fourth-order valence-electron chi connectivity index (χ4n) is 11.0. The molecule has 4 heterocycles. The van der Waals surface area contributed by atoms with Crippen LogP contribution in [0.1, 0.15) is 5.56 Å². The third kappa shape index (κ3) is 5.33. The molecule has 0 aliphatic rings.